The van der Waals surface area contributed by atoms with Crippen molar-refractivity contribution >= 4 is 27.4 Å². The van der Waals surface area contributed by atoms with Gasteiger partial charge in [0.15, 0.2) is 11.5 Å². The Morgan fingerprint density at radius 2 is 1.93 bits per heavy atom. The van der Waals surface area contributed by atoms with Gasteiger partial charge < -0.3 is 10.1 Å². The second kappa shape index (κ2) is 7.44. The molecule has 6 nitrogen and oxygen atoms in total. The molecule has 3 heterocycles. The third-order valence-electron chi connectivity index (χ3n) is 5.43. The Balaban J connectivity index is 1.62. The molecule has 0 atom stereocenters. The van der Waals surface area contributed by atoms with Crippen LogP contribution in [0, 0.1) is 0 Å². The average molecular weight is 444 g/mol. The lowest BCUT2D eigenvalue weighted by molar-refractivity contribution is 0.0543. The summed E-state index contributed by atoms with van der Waals surface area (Å²) in [5.41, 5.74) is 2.00. The lowest BCUT2D eigenvalue weighted by Crippen LogP contribution is -2.40. The van der Waals surface area contributed by atoms with Gasteiger partial charge in [-0.15, -0.1) is 15.3 Å². The molecule has 1 aromatic carbocycles. The summed E-state index contributed by atoms with van der Waals surface area (Å²) >= 11 is 3.62. The zero-order valence-electron chi connectivity index (χ0n) is 16.6. The fourth-order valence-electron chi connectivity index (χ4n) is 3.76. The van der Waals surface area contributed by atoms with Gasteiger partial charge in [-0.3, -0.25) is 0 Å². The number of halogens is 1. The van der Waals surface area contributed by atoms with Gasteiger partial charge in [0.05, 0.1) is 0 Å². The van der Waals surface area contributed by atoms with Gasteiger partial charge >= 0.3 is 0 Å². The van der Waals surface area contributed by atoms with Crippen LogP contribution < -0.4 is 5.32 Å². The van der Waals surface area contributed by atoms with Crippen LogP contribution in [0.4, 0.5) is 5.82 Å². The number of fused-ring (bicyclic) bond motifs is 1. The Morgan fingerprint density at radius 1 is 1.14 bits per heavy atom. The topological polar surface area (TPSA) is 64.3 Å². The van der Waals surface area contributed by atoms with Crippen molar-refractivity contribution in [3.8, 4) is 0 Å². The molecule has 0 amide bonds. The summed E-state index contributed by atoms with van der Waals surface area (Å²) in [7, 11) is 0. The van der Waals surface area contributed by atoms with E-state index in [9.17, 15) is 0 Å². The van der Waals surface area contributed by atoms with Crippen LogP contribution in [0.25, 0.3) is 5.65 Å². The number of nitrogens with zero attached hydrogens (tertiary/aromatic N) is 4. The Bertz CT molecular complexity index is 972. The SMILES string of the molecule is CC(C)(C)c1nnc2ccc(NCC3(c4cccc(Br)c4)CCOCC3)nn12. The third-order valence-corrected chi connectivity index (χ3v) is 5.92. The van der Waals surface area contributed by atoms with Gasteiger partial charge in [-0.1, -0.05) is 48.8 Å². The number of nitrogens with one attached hydrogen (secondary N) is 1. The minimum atomic E-state index is -0.122. The summed E-state index contributed by atoms with van der Waals surface area (Å²) in [5, 5.41) is 16.9. The molecule has 2 aromatic heterocycles. The van der Waals surface area contributed by atoms with Gasteiger partial charge in [-0.25, -0.2) is 0 Å². The van der Waals surface area contributed by atoms with Crippen LogP contribution >= 0.6 is 15.9 Å². The van der Waals surface area contributed by atoms with E-state index in [0.717, 1.165) is 54.4 Å². The van der Waals surface area contributed by atoms with Crippen molar-refractivity contribution < 1.29 is 4.74 Å². The maximum atomic E-state index is 5.65. The van der Waals surface area contributed by atoms with Crippen molar-refractivity contribution in [3.63, 3.8) is 0 Å². The molecule has 0 saturated carbocycles. The fourth-order valence-corrected chi connectivity index (χ4v) is 4.16. The van der Waals surface area contributed by atoms with E-state index < -0.39 is 0 Å². The molecule has 28 heavy (non-hydrogen) atoms. The summed E-state index contributed by atoms with van der Waals surface area (Å²) in [6.07, 6.45) is 1.97. The lowest BCUT2D eigenvalue weighted by atomic mass is 9.74. The van der Waals surface area contributed by atoms with E-state index in [2.05, 4.69) is 76.5 Å². The molecule has 0 aliphatic carbocycles. The first-order valence-electron chi connectivity index (χ1n) is 9.68. The quantitative estimate of drug-likeness (QED) is 0.649. The van der Waals surface area contributed by atoms with Gasteiger partial charge in [0, 0.05) is 35.1 Å². The highest BCUT2D eigenvalue weighted by atomic mass is 79.9. The smallest absolute Gasteiger partial charge is 0.178 e. The predicted octanol–water partition coefficient (Wildman–Crippen LogP) is 4.34. The summed E-state index contributed by atoms with van der Waals surface area (Å²) < 4.78 is 8.60. The van der Waals surface area contributed by atoms with Crippen molar-refractivity contribution in [1.82, 2.24) is 19.8 Å². The molecule has 1 saturated heterocycles. The second-order valence-electron chi connectivity index (χ2n) is 8.52. The highest BCUT2D eigenvalue weighted by Crippen LogP contribution is 2.36. The molecule has 148 valence electrons. The monoisotopic (exact) mass is 443 g/mol. The molecule has 0 unspecified atom stereocenters. The minimum absolute atomic E-state index is 0.0265. The van der Waals surface area contributed by atoms with E-state index in [1.165, 1.54) is 5.56 Å². The van der Waals surface area contributed by atoms with E-state index in [1.807, 2.05) is 16.6 Å². The number of hydrogen-bond donors (Lipinski definition) is 1. The zero-order chi connectivity index (χ0) is 19.8. The van der Waals surface area contributed by atoms with Crippen LogP contribution in [-0.2, 0) is 15.6 Å². The van der Waals surface area contributed by atoms with Gasteiger partial charge in [0.2, 0.25) is 0 Å². The first-order chi connectivity index (χ1) is 13.4. The molecule has 0 radical (unpaired) electrons. The molecule has 0 bridgehead atoms. The maximum absolute atomic E-state index is 5.65. The molecule has 1 aliphatic rings. The van der Waals surface area contributed by atoms with Gasteiger partial charge in [0.25, 0.3) is 0 Å². The Kier molecular flexibility index (Phi) is 5.14. The molecule has 1 N–H and O–H groups in total. The molecule has 0 spiro atoms. The van der Waals surface area contributed by atoms with Crippen LogP contribution in [0.1, 0.15) is 45.0 Å². The largest absolute Gasteiger partial charge is 0.381 e. The summed E-state index contributed by atoms with van der Waals surface area (Å²) in [5.74, 6) is 1.69. The first-order valence-corrected chi connectivity index (χ1v) is 10.5. The van der Waals surface area contributed by atoms with E-state index >= 15 is 0 Å². The number of rotatable bonds is 4. The maximum Gasteiger partial charge on any atom is 0.178 e. The Morgan fingerprint density at radius 3 is 2.64 bits per heavy atom. The fraction of sp³-hybridized carbons (Fsp3) is 0.476. The van der Waals surface area contributed by atoms with Crippen molar-refractivity contribution in [2.24, 2.45) is 0 Å². The normalized spacial score (nSPS) is 17.0. The standard InChI is InChI=1S/C21H26BrN5O/c1-20(2,3)19-25-24-18-8-7-17(26-27(18)19)23-14-21(9-11-28-12-10-21)15-5-4-6-16(22)13-15/h4-8,13H,9-12,14H2,1-3H3,(H,23,26). The van der Waals surface area contributed by atoms with Crippen LogP contribution in [0.2, 0.25) is 0 Å². The summed E-state index contributed by atoms with van der Waals surface area (Å²) in [6, 6.07) is 12.6. The number of anilines is 1. The van der Waals surface area contributed by atoms with Gasteiger partial charge in [-0.2, -0.15) is 4.52 Å². The minimum Gasteiger partial charge on any atom is -0.381 e. The summed E-state index contributed by atoms with van der Waals surface area (Å²) in [6.45, 7) is 8.72. The molecule has 7 heteroatoms. The molecule has 1 aliphatic heterocycles. The number of ether oxygens (including phenoxy) is 1. The van der Waals surface area contributed by atoms with Crippen LogP contribution in [0.5, 0.6) is 0 Å². The van der Waals surface area contributed by atoms with Crippen LogP contribution in [-0.4, -0.2) is 39.6 Å². The van der Waals surface area contributed by atoms with Crippen LogP contribution in [0.15, 0.2) is 40.9 Å². The number of hydrogen-bond acceptors (Lipinski definition) is 5. The Labute approximate surface area is 173 Å². The molecular weight excluding hydrogens is 418 g/mol. The van der Waals surface area contributed by atoms with Crippen LogP contribution in [0.3, 0.4) is 0 Å². The van der Waals surface area contributed by atoms with Gasteiger partial charge in [0.1, 0.15) is 5.82 Å². The number of aromatic nitrogens is 4. The first kappa shape index (κ1) is 19.3. The highest BCUT2D eigenvalue weighted by molar-refractivity contribution is 9.10. The Hall–Kier alpha value is -1.99. The summed E-state index contributed by atoms with van der Waals surface area (Å²) in [4.78, 5) is 0. The third kappa shape index (κ3) is 3.78. The highest BCUT2D eigenvalue weighted by Gasteiger charge is 2.34. The van der Waals surface area contributed by atoms with Crippen molar-refractivity contribution in [2.75, 3.05) is 25.1 Å². The second-order valence-corrected chi connectivity index (χ2v) is 9.43. The zero-order valence-corrected chi connectivity index (χ0v) is 18.2. The van der Waals surface area contributed by atoms with Crippen molar-refractivity contribution in [1.29, 1.82) is 0 Å². The van der Waals surface area contributed by atoms with Crippen molar-refractivity contribution in [2.45, 2.75) is 44.4 Å². The molecular formula is C21H26BrN5O. The molecule has 1 fully saturated rings. The van der Waals surface area contributed by atoms with E-state index in [-0.39, 0.29) is 10.8 Å². The van der Waals surface area contributed by atoms with Crippen molar-refractivity contribution in [3.05, 3.63) is 52.3 Å². The number of benzene rings is 1. The van der Waals surface area contributed by atoms with E-state index in [0.29, 0.717) is 0 Å². The van der Waals surface area contributed by atoms with Gasteiger partial charge in [-0.05, 0) is 42.7 Å². The van der Waals surface area contributed by atoms with E-state index in [1.54, 1.807) is 0 Å². The molecule has 4 rings (SSSR count). The lowest BCUT2D eigenvalue weighted by Gasteiger charge is -2.38. The van der Waals surface area contributed by atoms with E-state index in [4.69, 9.17) is 9.84 Å². The average Bonchev–Trinajstić information content (AvgIpc) is 3.11. The molecule has 3 aromatic rings. The predicted molar refractivity (Wildman–Crippen MR) is 114 cm³/mol.